The molecule has 144 valence electrons. The molecule has 0 fully saturated rings. The number of hydrogen-bond donors (Lipinski definition) is 1. The smallest absolute Gasteiger partial charge is 0.256 e. The van der Waals surface area contributed by atoms with Crippen LogP contribution in [0.1, 0.15) is 16.7 Å². The van der Waals surface area contributed by atoms with E-state index >= 15 is 0 Å². The molecule has 5 nitrogen and oxygen atoms in total. The van der Waals surface area contributed by atoms with Gasteiger partial charge in [-0.2, -0.15) is 0 Å². The van der Waals surface area contributed by atoms with Gasteiger partial charge in [0.25, 0.3) is 5.91 Å². The third-order valence-electron chi connectivity index (χ3n) is 5.27. The van der Waals surface area contributed by atoms with Gasteiger partial charge < -0.3 is 19.5 Å². The Bertz CT molecular complexity index is 1160. The Balaban J connectivity index is 1.95. The molecule has 0 bridgehead atoms. The van der Waals surface area contributed by atoms with Crippen LogP contribution in [0.4, 0.5) is 11.4 Å². The second-order valence-corrected chi connectivity index (χ2v) is 7.60. The molecule has 1 amide bonds. The number of halogens is 1. The van der Waals surface area contributed by atoms with Crippen molar-refractivity contribution < 1.29 is 9.53 Å². The van der Waals surface area contributed by atoms with Crippen LogP contribution in [0.2, 0.25) is 5.15 Å². The fourth-order valence-electron chi connectivity index (χ4n) is 3.66. The molecule has 28 heavy (non-hydrogen) atoms. The van der Waals surface area contributed by atoms with E-state index < -0.39 is 0 Å². The summed E-state index contributed by atoms with van der Waals surface area (Å²) in [6.45, 7) is 2.00. The Kier molecular flexibility index (Phi) is 4.35. The highest BCUT2D eigenvalue weighted by Crippen LogP contribution is 2.40. The Hall–Kier alpha value is -2.92. The van der Waals surface area contributed by atoms with Gasteiger partial charge in [-0.1, -0.05) is 11.6 Å². The predicted octanol–water partition coefficient (Wildman–Crippen LogP) is 4.71. The highest BCUT2D eigenvalue weighted by atomic mass is 35.5. The number of nitrogens with one attached hydrogen (secondary N) is 1. The van der Waals surface area contributed by atoms with Gasteiger partial charge >= 0.3 is 0 Å². The van der Waals surface area contributed by atoms with E-state index in [0.717, 1.165) is 44.7 Å². The molecule has 1 aliphatic heterocycles. The zero-order valence-corrected chi connectivity index (χ0v) is 17.3. The van der Waals surface area contributed by atoms with Gasteiger partial charge in [-0.15, -0.1) is 0 Å². The monoisotopic (exact) mass is 395 g/mol. The normalized spacial score (nSPS) is 14.5. The minimum atomic E-state index is -0.127. The quantitative estimate of drug-likeness (QED) is 0.653. The van der Waals surface area contributed by atoms with Crippen molar-refractivity contribution in [3.63, 3.8) is 0 Å². The highest BCUT2D eigenvalue weighted by molar-refractivity contribution is 6.38. The van der Waals surface area contributed by atoms with E-state index in [1.807, 2.05) is 67.9 Å². The molecule has 4 rings (SSSR count). The first kappa shape index (κ1) is 18.4. The van der Waals surface area contributed by atoms with Gasteiger partial charge in [-0.05, 0) is 48.9 Å². The molecular formula is C22H22ClN3O2. The Morgan fingerprint density at radius 3 is 2.64 bits per heavy atom. The Morgan fingerprint density at radius 1 is 1.21 bits per heavy atom. The van der Waals surface area contributed by atoms with Gasteiger partial charge in [0.1, 0.15) is 10.9 Å². The molecule has 6 heteroatoms. The second-order valence-electron chi connectivity index (χ2n) is 7.24. The standard InChI is InChI=1S/C22H22ClN3O2/c1-12-8-19-15(11-20(12)28-5)16(21(23)26(19)4)10-17-14-9-13(25(2)3)6-7-18(14)24-22(17)27/h6-11H,1-5H3,(H,24,27)/b17-10+. The first-order valence-electron chi connectivity index (χ1n) is 8.99. The average molecular weight is 396 g/mol. The summed E-state index contributed by atoms with van der Waals surface area (Å²) in [6, 6.07) is 9.96. The maximum absolute atomic E-state index is 12.7. The molecule has 0 saturated heterocycles. The van der Waals surface area contributed by atoms with Crippen LogP contribution >= 0.6 is 11.6 Å². The van der Waals surface area contributed by atoms with Crippen LogP contribution in [0, 0.1) is 6.92 Å². The lowest BCUT2D eigenvalue weighted by Crippen LogP contribution is -2.08. The minimum absolute atomic E-state index is 0.127. The van der Waals surface area contributed by atoms with Crippen LogP contribution in [0.25, 0.3) is 22.6 Å². The molecule has 0 aliphatic carbocycles. The van der Waals surface area contributed by atoms with Gasteiger partial charge in [0, 0.05) is 54.6 Å². The largest absolute Gasteiger partial charge is 0.496 e. The SMILES string of the molecule is COc1cc2c(/C=C3/C(=O)Nc4ccc(N(C)C)cc43)c(Cl)n(C)c2cc1C. The molecule has 0 saturated carbocycles. The maximum Gasteiger partial charge on any atom is 0.256 e. The lowest BCUT2D eigenvalue weighted by molar-refractivity contribution is -0.110. The molecule has 2 heterocycles. The number of aromatic nitrogens is 1. The van der Waals surface area contributed by atoms with E-state index in [9.17, 15) is 4.79 Å². The molecule has 0 atom stereocenters. The third-order valence-corrected chi connectivity index (χ3v) is 5.73. The summed E-state index contributed by atoms with van der Waals surface area (Å²) in [5, 5.41) is 4.47. The summed E-state index contributed by atoms with van der Waals surface area (Å²) in [5.74, 6) is 0.665. The number of nitrogens with zero attached hydrogens (tertiary/aromatic N) is 2. The van der Waals surface area contributed by atoms with Crippen LogP contribution < -0.4 is 15.0 Å². The Labute approximate surface area is 169 Å². The number of anilines is 2. The van der Waals surface area contributed by atoms with Crippen LogP contribution in [-0.2, 0) is 11.8 Å². The number of carbonyl (C=O) groups excluding carboxylic acids is 1. The topological polar surface area (TPSA) is 46.5 Å². The van der Waals surface area contributed by atoms with Crippen LogP contribution in [-0.4, -0.2) is 31.7 Å². The molecule has 1 N–H and O–H groups in total. The van der Waals surface area contributed by atoms with Gasteiger partial charge in [0.05, 0.1) is 12.6 Å². The number of methoxy groups -OCH3 is 1. The number of hydrogen-bond acceptors (Lipinski definition) is 3. The summed E-state index contributed by atoms with van der Waals surface area (Å²) < 4.78 is 7.42. The van der Waals surface area contributed by atoms with E-state index in [-0.39, 0.29) is 5.91 Å². The predicted molar refractivity (Wildman–Crippen MR) is 116 cm³/mol. The number of ether oxygens (including phenoxy) is 1. The van der Waals surface area contributed by atoms with Crippen LogP contribution in [0.3, 0.4) is 0 Å². The lowest BCUT2D eigenvalue weighted by Gasteiger charge is -2.13. The van der Waals surface area contributed by atoms with Crippen molar-refractivity contribution in [2.24, 2.45) is 7.05 Å². The lowest BCUT2D eigenvalue weighted by atomic mass is 10.0. The zero-order valence-electron chi connectivity index (χ0n) is 16.6. The van der Waals surface area contributed by atoms with Gasteiger partial charge in [0.2, 0.25) is 0 Å². The number of carbonyl (C=O) groups is 1. The fraction of sp³-hybridized carbons (Fsp3) is 0.227. The van der Waals surface area contributed by atoms with Crippen molar-refractivity contribution in [2.45, 2.75) is 6.92 Å². The third kappa shape index (κ3) is 2.74. The maximum atomic E-state index is 12.7. The summed E-state index contributed by atoms with van der Waals surface area (Å²) in [6.07, 6.45) is 1.88. The van der Waals surface area contributed by atoms with E-state index in [1.54, 1.807) is 7.11 Å². The number of rotatable bonds is 3. The van der Waals surface area contributed by atoms with E-state index in [0.29, 0.717) is 10.7 Å². The first-order valence-corrected chi connectivity index (χ1v) is 9.37. The molecule has 0 spiro atoms. The second kappa shape index (κ2) is 6.60. The number of benzene rings is 2. The molecule has 2 aromatic carbocycles. The van der Waals surface area contributed by atoms with Crippen molar-refractivity contribution in [1.82, 2.24) is 4.57 Å². The highest BCUT2D eigenvalue weighted by Gasteiger charge is 2.26. The first-order chi connectivity index (χ1) is 13.3. The molecule has 1 aliphatic rings. The van der Waals surface area contributed by atoms with E-state index in [2.05, 4.69) is 11.4 Å². The van der Waals surface area contributed by atoms with Gasteiger partial charge in [-0.3, -0.25) is 4.79 Å². The molecule has 3 aromatic rings. The van der Waals surface area contributed by atoms with Gasteiger partial charge in [0.15, 0.2) is 0 Å². The zero-order chi connectivity index (χ0) is 20.2. The van der Waals surface area contributed by atoms with E-state index in [1.165, 1.54) is 0 Å². The van der Waals surface area contributed by atoms with Crippen molar-refractivity contribution in [3.8, 4) is 5.75 Å². The molecule has 0 radical (unpaired) electrons. The van der Waals surface area contributed by atoms with Crippen molar-refractivity contribution in [2.75, 3.05) is 31.4 Å². The summed E-state index contributed by atoms with van der Waals surface area (Å²) >= 11 is 6.66. The average Bonchev–Trinajstić information content (AvgIpc) is 3.09. The molecule has 1 aromatic heterocycles. The molecular weight excluding hydrogens is 374 g/mol. The van der Waals surface area contributed by atoms with Crippen LogP contribution in [0.5, 0.6) is 5.75 Å². The van der Waals surface area contributed by atoms with E-state index in [4.69, 9.17) is 16.3 Å². The van der Waals surface area contributed by atoms with Crippen LogP contribution in [0.15, 0.2) is 30.3 Å². The van der Waals surface area contributed by atoms with Crippen molar-refractivity contribution in [1.29, 1.82) is 0 Å². The molecule has 0 unspecified atom stereocenters. The fourth-order valence-corrected chi connectivity index (χ4v) is 3.91. The van der Waals surface area contributed by atoms with Crippen molar-refractivity contribution >= 4 is 51.4 Å². The number of aryl methyl sites for hydroxylation is 2. The van der Waals surface area contributed by atoms with Crippen molar-refractivity contribution in [3.05, 3.63) is 52.2 Å². The minimum Gasteiger partial charge on any atom is -0.496 e. The summed E-state index contributed by atoms with van der Waals surface area (Å²) in [5.41, 5.74) is 6.16. The van der Waals surface area contributed by atoms with Gasteiger partial charge in [-0.25, -0.2) is 0 Å². The number of fused-ring (bicyclic) bond motifs is 2. The number of amides is 1. The Morgan fingerprint density at radius 2 is 1.96 bits per heavy atom. The summed E-state index contributed by atoms with van der Waals surface area (Å²) in [7, 11) is 7.53. The summed E-state index contributed by atoms with van der Waals surface area (Å²) in [4.78, 5) is 14.7.